The molecule has 1 heterocycles. The van der Waals surface area contributed by atoms with Gasteiger partial charge in [-0.3, -0.25) is 9.69 Å². The summed E-state index contributed by atoms with van der Waals surface area (Å²) >= 11 is 0. The van der Waals surface area contributed by atoms with E-state index in [4.69, 9.17) is 10.00 Å². The van der Waals surface area contributed by atoms with Gasteiger partial charge in [-0.1, -0.05) is 0 Å². The number of hydrogen-bond acceptors (Lipinski definition) is 5. The van der Waals surface area contributed by atoms with Crippen LogP contribution < -0.4 is 4.74 Å². The highest BCUT2D eigenvalue weighted by atomic mass is 16.5. The highest BCUT2D eigenvalue weighted by Crippen LogP contribution is 2.25. The molecule has 1 aromatic rings. The number of benzene rings is 1. The van der Waals surface area contributed by atoms with Gasteiger partial charge in [-0.15, -0.1) is 0 Å². The maximum Gasteiger partial charge on any atom is 0.263 e. The van der Waals surface area contributed by atoms with Crippen molar-refractivity contribution in [1.29, 1.82) is 5.26 Å². The Balaban J connectivity index is 1.50. The first kappa shape index (κ1) is 17.7. The highest BCUT2D eigenvalue weighted by molar-refractivity contribution is 5.81. The molecule has 2 fully saturated rings. The molecule has 0 bridgehead atoms. The Labute approximate surface area is 148 Å². The molecule has 1 aliphatic carbocycles. The maximum atomic E-state index is 12.6. The summed E-state index contributed by atoms with van der Waals surface area (Å²) in [7, 11) is 0. The lowest BCUT2D eigenvalue weighted by molar-refractivity contribution is -0.140. The first-order valence-electron chi connectivity index (χ1n) is 8.96. The number of carbonyl (C=O) groups is 1. The maximum absolute atomic E-state index is 12.6. The van der Waals surface area contributed by atoms with Gasteiger partial charge < -0.3 is 14.7 Å². The first-order chi connectivity index (χ1) is 12.1. The minimum Gasteiger partial charge on any atom is -0.481 e. The molecule has 3 rings (SSSR count). The van der Waals surface area contributed by atoms with Crippen molar-refractivity contribution in [1.82, 2.24) is 9.80 Å². The van der Waals surface area contributed by atoms with Crippen LogP contribution in [0.3, 0.4) is 0 Å². The van der Waals surface area contributed by atoms with Crippen LogP contribution in [0.5, 0.6) is 5.75 Å². The zero-order chi connectivity index (χ0) is 17.8. The van der Waals surface area contributed by atoms with E-state index in [1.807, 2.05) is 4.90 Å². The molecule has 1 aromatic carbocycles. The van der Waals surface area contributed by atoms with Gasteiger partial charge in [-0.2, -0.15) is 5.26 Å². The Morgan fingerprint density at radius 2 is 1.92 bits per heavy atom. The van der Waals surface area contributed by atoms with E-state index in [0.717, 1.165) is 32.4 Å². The number of aliphatic hydroxyl groups is 1. The fourth-order valence-corrected chi connectivity index (χ4v) is 3.74. The van der Waals surface area contributed by atoms with Gasteiger partial charge in [0.1, 0.15) is 5.75 Å². The lowest BCUT2D eigenvalue weighted by atomic mass is 10.1. The Bertz CT molecular complexity index is 632. The van der Waals surface area contributed by atoms with Crippen LogP contribution in [0.2, 0.25) is 0 Å². The fraction of sp³-hybridized carbons (Fsp3) is 0.579. The zero-order valence-electron chi connectivity index (χ0n) is 14.6. The predicted octanol–water partition coefficient (Wildman–Crippen LogP) is 1.38. The number of rotatable bonds is 4. The number of aliphatic hydroxyl groups excluding tert-OH is 1. The predicted molar refractivity (Wildman–Crippen MR) is 93.0 cm³/mol. The zero-order valence-corrected chi connectivity index (χ0v) is 14.6. The third kappa shape index (κ3) is 4.12. The van der Waals surface area contributed by atoms with Crippen molar-refractivity contribution in [2.75, 3.05) is 26.2 Å². The Morgan fingerprint density at radius 1 is 1.24 bits per heavy atom. The van der Waals surface area contributed by atoms with Gasteiger partial charge in [0.15, 0.2) is 6.10 Å². The van der Waals surface area contributed by atoms with Crippen molar-refractivity contribution < 1.29 is 14.6 Å². The van der Waals surface area contributed by atoms with Crippen molar-refractivity contribution in [3.63, 3.8) is 0 Å². The van der Waals surface area contributed by atoms with Gasteiger partial charge >= 0.3 is 0 Å². The van der Waals surface area contributed by atoms with Crippen LogP contribution in [0.1, 0.15) is 31.7 Å². The molecule has 0 unspecified atom stereocenters. The Morgan fingerprint density at radius 3 is 2.48 bits per heavy atom. The molecule has 0 spiro atoms. The van der Waals surface area contributed by atoms with Gasteiger partial charge in [-0.25, -0.2) is 0 Å². The largest absolute Gasteiger partial charge is 0.481 e. The molecule has 3 atom stereocenters. The summed E-state index contributed by atoms with van der Waals surface area (Å²) in [6.07, 6.45) is 2.24. The molecule has 6 nitrogen and oxygen atoms in total. The van der Waals surface area contributed by atoms with Crippen molar-refractivity contribution in [3.8, 4) is 11.8 Å². The van der Waals surface area contributed by atoms with Gasteiger partial charge in [0.25, 0.3) is 5.91 Å². The SMILES string of the molecule is C[C@H](Oc1ccc(C#N)cc1)C(=O)N1CCN([C@@H]2CCC[C@@H]2O)CC1. The molecule has 0 radical (unpaired) electrons. The Hall–Kier alpha value is -2.10. The van der Waals surface area contributed by atoms with Crippen molar-refractivity contribution in [2.45, 2.75) is 44.4 Å². The van der Waals surface area contributed by atoms with Gasteiger partial charge in [0.05, 0.1) is 17.7 Å². The normalized spacial score (nSPS) is 25.4. The average molecular weight is 343 g/mol. The Kier molecular flexibility index (Phi) is 5.57. The van der Waals surface area contributed by atoms with Crippen LogP contribution in [0.15, 0.2) is 24.3 Å². The van der Waals surface area contributed by atoms with Crippen molar-refractivity contribution >= 4 is 5.91 Å². The third-order valence-electron chi connectivity index (χ3n) is 5.18. The molecule has 134 valence electrons. The molecule has 6 heteroatoms. The van der Waals surface area contributed by atoms with Gasteiger partial charge in [0, 0.05) is 32.2 Å². The fourth-order valence-electron chi connectivity index (χ4n) is 3.74. The number of piperazine rings is 1. The molecule has 1 amide bonds. The summed E-state index contributed by atoms with van der Waals surface area (Å²) in [5.74, 6) is 0.573. The van der Waals surface area contributed by atoms with Crippen LogP contribution in [-0.4, -0.2) is 65.2 Å². The number of nitrogens with zero attached hydrogens (tertiary/aromatic N) is 3. The van der Waals surface area contributed by atoms with E-state index in [9.17, 15) is 9.90 Å². The van der Waals surface area contributed by atoms with Crippen LogP contribution in [-0.2, 0) is 4.79 Å². The monoisotopic (exact) mass is 343 g/mol. The molecule has 1 saturated heterocycles. The molecular formula is C19H25N3O3. The molecular weight excluding hydrogens is 318 g/mol. The number of ether oxygens (including phenoxy) is 1. The summed E-state index contributed by atoms with van der Waals surface area (Å²) in [4.78, 5) is 16.8. The summed E-state index contributed by atoms with van der Waals surface area (Å²) in [6, 6.07) is 9.09. The second-order valence-corrected chi connectivity index (χ2v) is 6.82. The minimum absolute atomic E-state index is 0.0176. The molecule has 1 aliphatic heterocycles. The summed E-state index contributed by atoms with van der Waals surface area (Å²) in [6.45, 7) is 4.70. The molecule has 0 aromatic heterocycles. The smallest absolute Gasteiger partial charge is 0.263 e. The topological polar surface area (TPSA) is 76.8 Å². The molecule has 1 N–H and O–H groups in total. The van der Waals surface area contributed by atoms with Gasteiger partial charge in [0.2, 0.25) is 0 Å². The van der Waals surface area contributed by atoms with E-state index in [2.05, 4.69) is 11.0 Å². The molecule has 2 aliphatic rings. The second kappa shape index (κ2) is 7.85. The summed E-state index contributed by atoms with van der Waals surface area (Å²) < 4.78 is 5.72. The number of hydrogen-bond donors (Lipinski definition) is 1. The van der Waals surface area contributed by atoms with Crippen LogP contribution >= 0.6 is 0 Å². The van der Waals surface area contributed by atoms with E-state index in [1.54, 1.807) is 31.2 Å². The lowest BCUT2D eigenvalue weighted by Crippen LogP contribution is -2.55. The number of amides is 1. The standard InChI is InChI=1S/C19H25N3O3/c1-14(25-16-7-5-15(13-20)6-8-16)19(24)22-11-9-21(10-12-22)17-3-2-4-18(17)23/h5-8,14,17-18,23H,2-4,9-12H2,1H3/t14-,17+,18-/m0/s1. The first-order valence-corrected chi connectivity index (χ1v) is 8.96. The average Bonchev–Trinajstić information content (AvgIpc) is 3.08. The minimum atomic E-state index is -0.559. The van der Waals surface area contributed by atoms with E-state index in [1.165, 1.54) is 0 Å². The van der Waals surface area contributed by atoms with Gasteiger partial charge in [-0.05, 0) is 50.5 Å². The number of carbonyl (C=O) groups excluding carboxylic acids is 1. The third-order valence-corrected chi connectivity index (χ3v) is 5.18. The molecule has 25 heavy (non-hydrogen) atoms. The van der Waals surface area contributed by atoms with Crippen LogP contribution in [0.25, 0.3) is 0 Å². The van der Waals surface area contributed by atoms with E-state index >= 15 is 0 Å². The van der Waals surface area contributed by atoms with Crippen LogP contribution in [0.4, 0.5) is 0 Å². The second-order valence-electron chi connectivity index (χ2n) is 6.82. The highest BCUT2D eigenvalue weighted by Gasteiger charge is 2.34. The quantitative estimate of drug-likeness (QED) is 0.894. The van der Waals surface area contributed by atoms with E-state index in [0.29, 0.717) is 24.4 Å². The molecule has 1 saturated carbocycles. The van der Waals surface area contributed by atoms with E-state index < -0.39 is 6.10 Å². The van der Waals surface area contributed by atoms with Crippen molar-refractivity contribution in [3.05, 3.63) is 29.8 Å². The van der Waals surface area contributed by atoms with Crippen LogP contribution in [0, 0.1) is 11.3 Å². The summed E-state index contributed by atoms with van der Waals surface area (Å²) in [5, 5.41) is 18.9. The summed E-state index contributed by atoms with van der Waals surface area (Å²) in [5.41, 5.74) is 0.566. The van der Waals surface area contributed by atoms with E-state index in [-0.39, 0.29) is 18.1 Å². The van der Waals surface area contributed by atoms with Crippen molar-refractivity contribution in [2.24, 2.45) is 0 Å². The lowest BCUT2D eigenvalue weighted by Gasteiger charge is -2.39. The number of nitriles is 1.